The first-order valence-electron chi connectivity index (χ1n) is 21.6. The molecule has 0 radical (unpaired) electrons. The summed E-state index contributed by atoms with van der Waals surface area (Å²) in [6.07, 6.45) is 11.6. The SMILES string of the molecule is C=CC(=O)OCCCCCCOc1ccc(COc2ccc(-c3ccc(OCc4ccc(OCCCCCCOC(=O)C=C)cc4)cc3/C=N/Nc3nc4ccccc4s3)cc2)cc1. The van der Waals surface area contributed by atoms with E-state index >= 15 is 0 Å². The first-order valence-corrected chi connectivity index (χ1v) is 22.4. The predicted molar refractivity (Wildman–Crippen MR) is 255 cm³/mol. The zero-order chi connectivity index (χ0) is 44.6. The summed E-state index contributed by atoms with van der Waals surface area (Å²) in [6.45, 7) is 9.71. The number of nitrogens with zero attached hydrogens (tertiary/aromatic N) is 2. The standard InChI is InChI=1S/C52H55N3O8S/c1-3-50(56)60-33-13-7-5-11-31-58-43-23-17-39(18-24-43)37-62-45-27-21-41(22-28-45)47-30-29-46(35-42(47)36-53-55-52-54-48-15-9-10-16-49(48)64-52)63-38-40-19-25-44(26-20-40)59-32-12-6-8-14-34-61-51(57)4-2/h3-4,9-10,15-30,35-36H,1-2,5-8,11-14,31-34,37-38H2,(H,54,55)/b53-36+. The second-order valence-electron chi connectivity index (χ2n) is 14.8. The maximum atomic E-state index is 11.1. The van der Waals surface area contributed by atoms with Crippen LogP contribution in [0.3, 0.4) is 0 Å². The monoisotopic (exact) mass is 881 g/mol. The first-order chi connectivity index (χ1) is 31.4. The normalized spacial score (nSPS) is 10.9. The lowest BCUT2D eigenvalue weighted by Crippen LogP contribution is -2.02. The number of carbonyl (C=O) groups excluding carboxylic acids is 2. The van der Waals surface area contributed by atoms with Crippen molar-refractivity contribution in [3.8, 4) is 34.1 Å². The van der Waals surface area contributed by atoms with Crippen molar-refractivity contribution in [2.24, 2.45) is 5.10 Å². The van der Waals surface area contributed by atoms with E-state index in [4.69, 9.17) is 28.4 Å². The van der Waals surface area contributed by atoms with Crippen LogP contribution in [0.4, 0.5) is 5.13 Å². The molecule has 64 heavy (non-hydrogen) atoms. The number of thiazole rings is 1. The van der Waals surface area contributed by atoms with Crippen molar-refractivity contribution in [3.63, 3.8) is 0 Å². The fourth-order valence-corrected chi connectivity index (χ4v) is 7.28. The van der Waals surface area contributed by atoms with Gasteiger partial charge in [-0.2, -0.15) is 5.10 Å². The minimum atomic E-state index is -0.379. The van der Waals surface area contributed by atoms with Gasteiger partial charge in [0.2, 0.25) is 5.13 Å². The van der Waals surface area contributed by atoms with Gasteiger partial charge in [0.05, 0.1) is 42.9 Å². The van der Waals surface area contributed by atoms with Gasteiger partial charge in [-0.25, -0.2) is 14.6 Å². The van der Waals surface area contributed by atoms with Gasteiger partial charge in [-0.05, 0) is 134 Å². The fraction of sp³-hybridized carbons (Fsp3) is 0.269. The Bertz CT molecular complexity index is 2380. The summed E-state index contributed by atoms with van der Waals surface area (Å²) in [4.78, 5) is 26.9. The number of carbonyl (C=O) groups is 2. The molecule has 6 aromatic rings. The quantitative estimate of drug-likeness (QED) is 0.0167. The lowest BCUT2D eigenvalue weighted by Gasteiger charge is -2.13. The molecule has 0 spiro atoms. The van der Waals surface area contributed by atoms with E-state index in [1.165, 1.54) is 12.2 Å². The van der Waals surface area contributed by atoms with Crippen LogP contribution in [-0.2, 0) is 32.3 Å². The molecule has 0 aliphatic carbocycles. The van der Waals surface area contributed by atoms with Crippen LogP contribution in [0.1, 0.15) is 68.1 Å². The maximum Gasteiger partial charge on any atom is 0.330 e. The molecule has 0 unspecified atom stereocenters. The molecule has 6 rings (SSSR count). The van der Waals surface area contributed by atoms with Gasteiger partial charge in [0.1, 0.15) is 36.2 Å². The van der Waals surface area contributed by atoms with E-state index < -0.39 is 0 Å². The number of aromatic nitrogens is 1. The van der Waals surface area contributed by atoms with Crippen LogP contribution >= 0.6 is 11.3 Å². The van der Waals surface area contributed by atoms with Crippen LogP contribution in [0.15, 0.2) is 146 Å². The van der Waals surface area contributed by atoms with Gasteiger partial charge in [0, 0.05) is 17.7 Å². The van der Waals surface area contributed by atoms with Gasteiger partial charge in [-0.3, -0.25) is 5.43 Å². The van der Waals surface area contributed by atoms with Gasteiger partial charge in [0.15, 0.2) is 0 Å². The number of hydrazone groups is 1. The number of unbranched alkanes of at least 4 members (excludes halogenated alkanes) is 6. The Balaban J connectivity index is 0.997. The summed E-state index contributed by atoms with van der Waals surface area (Å²) in [5, 5.41) is 5.29. The summed E-state index contributed by atoms with van der Waals surface area (Å²) < 4.78 is 35.4. The highest BCUT2D eigenvalue weighted by atomic mass is 32.1. The van der Waals surface area contributed by atoms with Crippen molar-refractivity contribution in [2.45, 2.75) is 64.6 Å². The molecule has 0 bridgehead atoms. The molecule has 332 valence electrons. The number of rotatable bonds is 28. The molecule has 0 saturated carbocycles. The first kappa shape index (κ1) is 46.6. The molecule has 12 heteroatoms. The number of hydrogen-bond acceptors (Lipinski definition) is 12. The second kappa shape index (κ2) is 25.9. The molecular weight excluding hydrogens is 827 g/mol. The maximum absolute atomic E-state index is 11.1. The Morgan fingerprint density at radius 1 is 0.578 bits per heavy atom. The van der Waals surface area contributed by atoms with Crippen molar-refractivity contribution >= 4 is 44.8 Å². The smallest absolute Gasteiger partial charge is 0.330 e. The second-order valence-corrected chi connectivity index (χ2v) is 15.8. The highest BCUT2D eigenvalue weighted by Crippen LogP contribution is 2.30. The highest BCUT2D eigenvalue weighted by Gasteiger charge is 2.09. The molecule has 0 atom stereocenters. The van der Waals surface area contributed by atoms with E-state index in [-0.39, 0.29) is 11.9 Å². The molecular formula is C52H55N3O8S. The number of esters is 2. The Morgan fingerprint density at radius 2 is 1.08 bits per heavy atom. The van der Waals surface area contributed by atoms with Gasteiger partial charge in [-0.15, -0.1) is 0 Å². The van der Waals surface area contributed by atoms with E-state index in [0.29, 0.717) is 50.5 Å². The van der Waals surface area contributed by atoms with Crippen molar-refractivity contribution in [1.82, 2.24) is 4.98 Å². The minimum absolute atomic E-state index is 0.377. The molecule has 0 saturated heterocycles. The van der Waals surface area contributed by atoms with Crippen LogP contribution in [0, 0.1) is 0 Å². The summed E-state index contributed by atoms with van der Waals surface area (Å²) in [5.41, 5.74) is 8.95. The molecule has 1 N–H and O–H groups in total. The van der Waals surface area contributed by atoms with Gasteiger partial charge in [0.25, 0.3) is 0 Å². The third-order valence-corrected chi connectivity index (χ3v) is 10.9. The average molecular weight is 882 g/mol. The Kier molecular flexibility index (Phi) is 18.8. The van der Waals surface area contributed by atoms with E-state index in [1.54, 1.807) is 17.6 Å². The fourth-order valence-electron chi connectivity index (χ4n) is 6.46. The van der Waals surface area contributed by atoms with E-state index in [0.717, 1.165) is 107 Å². The van der Waals surface area contributed by atoms with Gasteiger partial charge in [-0.1, -0.05) is 79.1 Å². The third kappa shape index (κ3) is 15.8. The van der Waals surface area contributed by atoms with Crippen molar-refractivity contribution in [3.05, 3.63) is 157 Å². The molecule has 0 aliphatic heterocycles. The Labute approximate surface area is 379 Å². The zero-order valence-corrected chi connectivity index (χ0v) is 36.9. The Morgan fingerprint density at radius 3 is 1.64 bits per heavy atom. The van der Waals surface area contributed by atoms with E-state index in [9.17, 15) is 9.59 Å². The number of anilines is 1. The Hall–Kier alpha value is -6.92. The van der Waals surface area contributed by atoms with Crippen LogP contribution in [0.25, 0.3) is 21.3 Å². The van der Waals surface area contributed by atoms with Crippen LogP contribution in [0.2, 0.25) is 0 Å². The number of nitrogens with one attached hydrogen (secondary N) is 1. The van der Waals surface area contributed by atoms with Gasteiger partial charge >= 0.3 is 11.9 Å². The molecule has 0 amide bonds. The molecule has 1 heterocycles. The predicted octanol–water partition coefficient (Wildman–Crippen LogP) is 11.9. The summed E-state index contributed by atoms with van der Waals surface area (Å²) in [7, 11) is 0. The number of hydrogen-bond donors (Lipinski definition) is 1. The topological polar surface area (TPSA) is 127 Å². The molecule has 1 aromatic heterocycles. The summed E-state index contributed by atoms with van der Waals surface area (Å²) in [6, 6.07) is 37.9. The minimum Gasteiger partial charge on any atom is -0.494 e. The van der Waals surface area contributed by atoms with E-state index in [2.05, 4.69) is 28.7 Å². The largest absolute Gasteiger partial charge is 0.494 e. The van der Waals surface area contributed by atoms with E-state index in [1.807, 2.05) is 115 Å². The molecule has 0 aliphatic rings. The summed E-state index contributed by atoms with van der Waals surface area (Å²) >= 11 is 1.55. The number of ether oxygens (including phenoxy) is 6. The van der Waals surface area contributed by atoms with Crippen LogP contribution in [0.5, 0.6) is 23.0 Å². The van der Waals surface area contributed by atoms with Crippen LogP contribution < -0.4 is 24.4 Å². The van der Waals surface area contributed by atoms with Crippen molar-refractivity contribution in [2.75, 3.05) is 31.9 Å². The molecule has 5 aromatic carbocycles. The lowest BCUT2D eigenvalue weighted by molar-refractivity contribution is -0.138. The number of fused-ring (bicyclic) bond motifs is 1. The van der Waals surface area contributed by atoms with Gasteiger partial charge < -0.3 is 28.4 Å². The van der Waals surface area contributed by atoms with Crippen molar-refractivity contribution < 1.29 is 38.0 Å². The number of benzene rings is 5. The highest BCUT2D eigenvalue weighted by molar-refractivity contribution is 7.22. The van der Waals surface area contributed by atoms with Crippen molar-refractivity contribution in [1.29, 1.82) is 0 Å². The van der Waals surface area contributed by atoms with Crippen LogP contribution in [-0.4, -0.2) is 49.6 Å². The summed E-state index contributed by atoms with van der Waals surface area (Å²) in [5.74, 6) is 2.34. The lowest BCUT2D eigenvalue weighted by atomic mass is 10.00. The zero-order valence-electron chi connectivity index (χ0n) is 36.1. The third-order valence-electron chi connectivity index (χ3n) is 9.94. The average Bonchev–Trinajstić information content (AvgIpc) is 3.75. The molecule has 11 nitrogen and oxygen atoms in total. The number of para-hydroxylation sites is 1. The molecule has 0 fully saturated rings.